The van der Waals surface area contributed by atoms with Gasteiger partial charge in [0.15, 0.2) is 11.5 Å². The summed E-state index contributed by atoms with van der Waals surface area (Å²) in [5.74, 6) is 0.250. The van der Waals surface area contributed by atoms with Crippen LogP contribution in [0.3, 0.4) is 0 Å². The van der Waals surface area contributed by atoms with Crippen molar-refractivity contribution in [2.24, 2.45) is 0 Å². The summed E-state index contributed by atoms with van der Waals surface area (Å²) in [5, 5.41) is 19.6. The largest absolute Gasteiger partial charge is 0.504 e. The molecule has 0 spiro atoms. The van der Waals surface area contributed by atoms with E-state index in [0.717, 1.165) is 37.7 Å². The first kappa shape index (κ1) is 16.7. The monoisotopic (exact) mass is 280 g/mol. The summed E-state index contributed by atoms with van der Waals surface area (Å²) in [5.41, 5.74) is 0.993. The zero-order chi connectivity index (χ0) is 14.8. The van der Waals surface area contributed by atoms with Crippen LogP contribution in [0, 0.1) is 0 Å². The van der Waals surface area contributed by atoms with Crippen molar-refractivity contribution in [3.05, 3.63) is 17.7 Å². The topological polar surface area (TPSA) is 49.7 Å². The summed E-state index contributed by atoms with van der Waals surface area (Å²) < 4.78 is 5.70. The smallest absolute Gasteiger partial charge is 0.200 e. The number of aromatic hydroxyl groups is 2. The van der Waals surface area contributed by atoms with Gasteiger partial charge in [-0.3, -0.25) is 0 Å². The molecule has 2 N–H and O–H groups in total. The number of phenolic OH excluding ortho intramolecular Hbond substituents is 2. The van der Waals surface area contributed by atoms with Gasteiger partial charge in [0.25, 0.3) is 0 Å². The van der Waals surface area contributed by atoms with Crippen molar-refractivity contribution in [2.45, 2.75) is 65.2 Å². The second-order valence-electron chi connectivity index (χ2n) is 5.29. The Hall–Kier alpha value is -1.38. The van der Waals surface area contributed by atoms with Crippen LogP contribution in [0.15, 0.2) is 12.1 Å². The Balaban J connectivity index is 2.64. The number of aryl methyl sites for hydroxylation is 1. The highest BCUT2D eigenvalue weighted by Gasteiger charge is 2.13. The van der Waals surface area contributed by atoms with Gasteiger partial charge in [-0.1, -0.05) is 52.0 Å². The van der Waals surface area contributed by atoms with Crippen molar-refractivity contribution in [2.75, 3.05) is 6.61 Å². The van der Waals surface area contributed by atoms with E-state index in [1.807, 2.05) is 6.07 Å². The van der Waals surface area contributed by atoms with Gasteiger partial charge in [-0.15, -0.1) is 0 Å². The normalized spacial score (nSPS) is 10.7. The number of hydrogen-bond acceptors (Lipinski definition) is 3. The van der Waals surface area contributed by atoms with Gasteiger partial charge in [-0.2, -0.15) is 0 Å². The molecule has 0 amide bonds. The first-order valence-corrected chi connectivity index (χ1v) is 7.87. The standard InChI is InChI=1S/C17H28O3/c1-3-5-7-8-10-14-11-12-15(18)16(19)17(14)20-13-9-6-4-2/h11-12,18-19H,3-10,13H2,1-2H3. The summed E-state index contributed by atoms with van der Waals surface area (Å²) in [6.45, 7) is 4.92. The average Bonchev–Trinajstić information content (AvgIpc) is 2.45. The molecule has 0 bridgehead atoms. The third-order valence-electron chi connectivity index (χ3n) is 3.49. The van der Waals surface area contributed by atoms with Crippen molar-refractivity contribution in [1.82, 2.24) is 0 Å². The third kappa shape index (κ3) is 5.32. The SMILES string of the molecule is CCCCCCc1ccc(O)c(O)c1OCCCCC. The number of hydrogen-bond donors (Lipinski definition) is 2. The van der Waals surface area contributed by atoms with Crippen LogP contribution in [0.1, 0.15) is 64.4 Å². The van der Waals surface area contributed by atoms with Gasteiger partial charge >= 0.3 is 0 Å². The lowest BCUT2D eigenvalue weighted by Crippen LogP contribution is -2.01. The molecule has 114 valence electrons. The number of benzene rings is 1. The molecule has 0 saturated heterocycles. The maximum absolute atomic E-state index is 9.96. The van der Waals surface area contributed by atoms with Gasteiger partial charge in [0.05, 0.1) is 6.61 Å². The minimum absolute atomic E-state index is 0.104. The molecule has 0 aromatic heterocycles. The zero-order valence-corrected chi connectivity index (χ0v) is 12.8. The lowest BCUT2D eigenvalue weighted by atomic mass is 10.0. The van der Waals surface area contributed by atoms with E-state index in [4.69, 9.17) is 4.74 Å². The quantitative estimate of drug-likeness (QED) is 0.478. The van der Waals surface area contributed by atoms with Gasteiger partial charge in [0.2, 0.25) is 5.75 Å². The third-order valence-corrected chi connectivity index (χ3v) is 3.49. The Morgan fingerprint density at radius 1 is 0.900 bits per heavy atom. The fourth-order valence-corrected chi connectivity index (χ4v) is 2.23. The van der Waals surface area contributed by atoms with E-state index in [1.54, 1.807) is 6.07 Å². The Labute approximate surface area is 122 Å². The van der Waals surface area contributed by atoms with Gasteiger partial charge in [0, 0.05) is 0 Å². The average molecular weight is 280 g/mol. The van der Waals surface area contributed by atoms with Crippen LogP contribution in [0.4, 0.5) is 0 Å². The van der Waals surface area contributed by atoms with Crippen LogP contribution >= 0.6 is 0 Å². The van der Waals surface area contributed by atoms with Crippen molar-refractivity contribution >= 4 is 0 Å². The minimum atomic E-state index is -0.116. The van der Waals surface area contributed by atoms with Gasteiger partial charge < -0.3 is 14.9 Å². The molecule has 3 heteroatoms. The molecule has 0 fully saturated rings. The van der Waals surface area contributed by atoms with Crippen LogP contribution in [-0.4, -0.2) is 16.8 Å². The molecule has 0 atom stereocenters. The van der Waals surface area contributed by atoms with Crippen molar-refractivity contribution in [3.63, 3.8) is 0 Å². The minimum Gasteiger partial charge on any atom is -0.504 e. The molecule has 0 heterocycles. The molecule has 0 saturated carbocycles. The molecular formula is C17H28O3. The van der Waals surface area contributed by atoms with E-state index < -0.39 is 0 Å². The van der Waals surface area contributed by atoms with E-state index in [-0.39, 0.29) is 11.5 Å². The van der Waals surface area contributed by atoms with E-state index >= 15 is 0 Å². The molecular weight excluding hydrogens is 252 g/mol. The predicted octanol–water partition coefficient (Wildman–Crippen LogP) is 4.79. The van der Waals surface area contributed by atoms with Crippen LogP contribution in [0.5, 0.6) is 17.2 Å². The summed E-state index contributed by atoms with van der Waals surface area (Å²) in [6, 6.07) is 3.40. The van der Waals surface area contributed by atoms with Gasteiger partial charge in [0.1, 0.15) is 0 Å². The maximum Gasteiger partial charge on any atom is 0.200 e. The lowest BCUT2D eigenvalue weighted by molar-refractivity contribution is 0.281. The fourth-order valence-electron chi connectivity index (χ4n) is 2.23. The van der Waals surface area contributed by atoms with Crippen LogP contribution in [-0.2, 0) is 6.42 Å². The highest BCUT2D eigenvalue weighted by Crippen LogP contribution is 2.39. The van der Waals surface area contributed by atoms with Crippen LogP contribution < -0.4 is 4.74 Å². The lowest BCUT2D eigenvalue weighted by Gasteiger charge is -2.14. The van der Waals surface area contributed by atoms with Crippen molar-refractivity contribution in [1.29, 1.82) is 0 Å². The second-order valence-corrected chi connectivity index (χ2v) is 5.29. The van der Waals surface area contributed by atoms with Crippen LogP contribution in [0.2, 0.25) is 0 Å². The second kappa shape index (κ2) is 9.51. The molecule has 0 aliphatic carbocycles. The zero-order valence-electron chi connectivity index (χ0n) is 12.8. The maximum atomic E-state index is 9.96. The molecule has 1 rings (SSSR count). The highest BCUT2D eigenvalue weighted by molar-refractivity contribution is 5.54. The molecule has 0 aliphatic rings. The molecule has 20 heavy (non-hydrogen) atoms. The number of phenols is 2. The Bertz CT molecular complexity index is 388. The fraction of sp³-hybridized carbons (Fsp3) is 0.647. The summed E-state index contributed by atoms with van der Waals surface area (Å²) in [4.78, 5) is 0. The van der Waals surface area contributed by atoms with Crippen LogP contribution in [0.25, 0.3) is 0 Å². The first-order valence-electron chi connectivity index (χ1n) is 7.87. The molecule has 1 aromatic rings. The number of ether oxygens (including phenoxy) is 1. The molecule has 0 radical (unpaired) electrons. The van der Waals surface area contributed by atoms with E-state index in [0.29, 0.717) is 12.4 Å². The number of unbranched alkanes of at least 4 members (excludes halogenated alkanes) is 5. The predicted molar refractivity (Wildman–Crippen MR) is 82.6 cm³/mol. The van der Waals surface area contributed by atoms with E-state index in [1.165, 1.54) is 19.3 Å². The van der Waals surface area contributed by atoms with Gasteiger partial charge in [-0.25, -0.2) is 0 Å². The Kier molecular flexibility index (Phi) is 7.93. The van der Waals surface area contributed by atoms with E-state index in [2.05, 4.69) is 13.8 Å². The molecule has 0 aliphatic heterocycles. The summed E-state index contributed by atoms with van der Waals surface area (Å²) >= 11 is 0. The highest BCUT2D eigenvalue weighted by atomic mass is 16.5. The Morgan fingerprint density at radius 3 is 2.30 bits per heavy atom. The molecule has 0 unspecified atom stereocenters. The van der Waals surface area contributed by atoms with Gasteiger partial charge in [-0.05, 0) is 30.9 Å². The Morgan fingerprint density at radius 2 is 1.60 bits per heavy atom. The first-order chi connectivity index (χ1) is 9.70. The van der Waals surface area contributed by atoms with Crippen molar-refractivity contribution < 1.29 is 14.9 Å². The summed E-state index contributed by atoms with van der Waals surface area (Å²) in [7, 11) is 0. The van der Waals surface area contributed by atoms with Crippen molar-refractivity contribution in [3.8, 4) is 17.2 Å². The summed E-state index contributed by atoms with van der Waals surface area (Å²) in [6.07, 6.45) is 8.83. The number of rotatable bonds is 10. The van der Waals surface area contributed by atoms with E-state index in [9.17, 15) is 10.2 Å². The molecule has 1 aromatic carbocycles. The molecule has 3 nitrogen and oxygen atoms in total.